The maximum atomic E-state index is 12.4. The van der Waals surface area contributed by atoms with Crippen LogP contribution in [0.25, 0.3) is 0 Å². The molecule has 1 saturated heterocycles. The van der Waals surface area contributed by atoms with E-state index in [-0.39, 0.29) is 11.7 Å². The van der Waals surface area contributed by atoms with E-state index in [1.165, 1.54) is 0 Å². The number of hydrogen-bond acceptors (Lipinski definition) is 5. The highest BCUT2D eigenvalue weighted by molar-refractivity contribution is 7.92. The molecule has 2 N–H and O–H groups in total. The number of carbonyl (C=O) groups excluding carboxylic acids is 1. The van der Waals surface area contributed by atoms with Crippen molar-refractivity contribution >= 4 is 21.7 Å². The summed E-state index contributed by atoms with van der Waals surface area (Å²) >= 11 is 0. The predicted molar refractivity (Wildman–Crippen MR) is 122 cm³/mol. The number of nitrogens with zero attached hydrogens (tertiary/aromatic N) is 3. The Morgan fingerprint density at radius 1 is 1.27 bits per heavy atom. The van der Waals surface area contributed by atoms with Crippen LogP contribution in [-0.2, 0) is 16.4 Å². The SMILES string of the molecule is CCNC(=NCc1cccc(C(=O)NCCN(C)C)c1)N1CCS(=O)(=O)C(C)(C)C1. The summed E-state index contributed by atoms with van der Waals surface area (Å²) in [4.78, 5) is 21.1. The predicted octanol–water partition coefficient (Wildman–Crippen LogP) is 0.953. The van der Waals surface area contributed by atoms with Crippen molar-refractivity contribution in [2.45, 2.75) is 32.1 Å². The average Bonchev–Trinajstić information content (AvgIpc) is 2.67. The van der Waals surface area contributed by atoms with Crippen LogP contribution in [0.3, 0.4) is 0 Å². The molecule has 0 atom stereocenters. The third-order valence-corrected chi connectivity index (χ3v) is 7.66. The monoisotopic (exact) mass is 437 g/mol. The molecule has 1 amide bonds. The fourth-order valence-corrected chi connectivity index (χ4v) is 4.59. The zero-order valence-electron chi connectivity index (χ0n) is 18.7. The van der Waals surface area contributed by atoms with Gasteiger partial charge in [-0.15, -0.1) is 0 Å². The summed E-state index contributed by atoms with van der Waals surface area (Å²) in [7, 11) is 0.818. The molecule has 30 heavy (non-hydrogen) atoms. The van der Waals surface area contributed by atoms with Crippen molar-refractivity contribution in [2.75, 3.05) is 52.6 Å². The van der Waals surface area contributed by atoms with Crippen molar-refractivity contribution in [1.29, 1.82) is 0 Å². The van der Waals surface area contributed by atoms with E-state index in [0.29, 0.717) is 44.2 Å². The number of carbonyl (C=O) groups is 1. The Bertz CT molecular complexity index is 865. The van der Waals surface area contributed by atoms with E-state index in [2.05, 4.69) is 10.6 Å². The Morgan fingerprint density at radius 2 is 2.00 bits per heavy atom. The van der Waals surface area contributed by atoms with Crippen LogP contribution < -0.4 is 10.6 Å². The summed E-state index contributed by atoms with van der Waals surface area (Å²) in [6.45, 7) is 8.80. The van der Waals surface area contributed by atoms with Crippen molar-refractivity contribution in [3.05, 3.63) is 35.4 Å². The number of nitrogens with one attached hydrogen (secondary N) is 2. The number of aliphatic imine (C=N–C) groups is 1. The quantitative estimate of drug-likeness (QED) is 0.487. The molecule has 1 heterocycles. The summed E-state index contributed by atoms with van der Waals surface area (Å²) in [6.07, 6.45) is 0. The minimum atomic E-state index is -3.11. The Hall–Kier alpha value is -2.13. The Labute approximate surface area is 180 Å². The van der Waals surface area contributed by atoms with Crippen LogP contribution in [0.1, 0.15) is 36.7 Å². The first kappa shape index (κ1) is 24.1. The minimum absolute atomic E-state index is 0.0995. The summed E-state index contributed by atoms with van der Waals surface area (Å²) in [5, 5.41) is 6.18. The van der Waals surface area contributed by atoms with E-state index in [0.717, 1.165) is 12.1 Å². The second-order valence-electron chi connectivity index (χ2n) is 8.43. The lowest BCUT2D eigenvalue weighted by Gasteiger charge is -2.39. The van der Waals surface area contributed by atoms with E-state index in [9.17, 15) is 13.2 Å². The summed E-state index contributed by atoms with van der Waals surface area (Å²) in [5.41, 5.74) is 1.53. The van der Waals surface area contributed by atoms with Gasteiger partial charge in [0.2, 0.25) is 0 Å². The number of rotatable bonds is 7. The van der Waals surface area contributed by atoms with E-state index < -0.39 is 14.6 Å². The van der Waals surface area contributed by atoms with E-state index in [4.69, 9.17) is 4.99 Å². The van der Waals surface area contributed by atoms with Crippen LogP contribution in [0.2, 0.25) is 0 Å². The van der Waals surface area contributed by atoms with E-state index in [1.807, 2.05) is 49.0 Å². The molecule has 8 nitrogen and oxygen atoms in total. The number of amides is 1. The number of guanidine groups is 1. The van der Waals surface area contributed by atoms with Gasteiger partial charge in [0.25, 0.3) is 5.91 Å². The largest absolute Gasteiger partial charge is 0.357 e. The molecule has 0 bridgehead atoms. The second-order valence-corrected chi connectivity index (χ2v) is 11.2. The molecule has 1 aromatic rings. The van der Waals surface area contributed by atoms with Crippen molar-refractivity contribution in [1.82, 2.24) is 20.4 Å². The first-order valence-corrected chi connectivity index (χ1v) is 12.0. The van der Waals surface area contributed by atoms with E-state index in [1.54, 1.807) is 19.9 Å². The number of sulfone groups is 1. The van der Waals surface area contributed by atoms with E-state index >= 15 is 0 Å². The van der Waals surface area contributed by atoms with Gasteiger partial charge in [-0.05, 0) is 52.6 Å². The first-order valence-electron chi connectivity index (χ1n) is 10.3. The molecule has 0 radical (unpaired) electrons. The van der Waals surface area contributed by atoms with Crippen LogP contribution in [0.4, 0.5) is 0 Å². The molecule has 1 aliphatic rings. The van der Waals surface area contributed by atoms with Crippen molar-refractivity contribution in [3.63, 3.8) is 0 Å². The highest BCUT2D eigenvalue weighted by atomic mass is 32.2. The van der Waals surface area contributed by atoms with Gasteiger partial charge in [0.15, 0.2) is 15.8 Å². The smallest absolute Gasteiger partial charge is 0.251 e. The fourth-order valence-electron chi connectivity index (χ4n) is 3.22. The van der Waals surface area contributed by atoms with Gasteiger partial charge in [0.1, 0.15) is 0 Å². The van der Waals surface area contributed by atoms with Gasteiger partial charge in [0.05, 0.1) is 17.0 Å². The van der Waals surface area contributed by atoms with Gasteiger partial charge in [-0.3, -0.25) is 4.79 Å². The molecular formula is C21H35N5O3S. The van der Waals surface area contributed by atoms with Gasteiger partial charge in [-0.25, -0.2) is 13.4 Å². The maximum Gasteiger partial charge on any atom is 0.251 e. The van der Waals surface area contributed by atoms with Gasteiger partial charge in [-0.1, -0.05) is 12.1 Å². The molecule has 1 aliphatic heterocycles. The molecule has 0 unspecified atom stereocenters. The molecule has 1 fully saturated rings. The Morgan fingerprint density at radius 3 is 2.63 bits per heavy atom. The van der Waals surface area contributed by atoms with Crippen LogP contribution >= 0.6 is 0 Å². The highest BCUT2D eigenvalue weighted by Gasteiger charge is 2.40. The van der Waals surface area contributed by atoms with Crippen molar-refractivity contribution in [2.24, 2.45) is 4.99 Å². The van der Waals surface area contributed by atoms with Crippen molar-refractivity contribution < 1.29 is 13.2 Å². The molecule has 9 heteroatoms. The summed E-state index contributed by atoms with van der Waals surface area (Å²) in [5.74, 6) is 0.714. The number of hydrogen-bond donors (Lipinski definition) is 2. The number of benzene rings is 1. The molecule has 0 aromatic heterocycles. The minimum Gasteiger partial charge on any atom is -0.357 e. The topological polar surface area (TPSA) is 94.1 Å². The van der Waals surface area contributed by atoms with Gasteiger partial charge in [0, 0.05) is 38.3 Å². The number of likely N-dealkylation sites (N-methyl/N-ethyl adjacent to an activating group) is 1. The van der Waals surface area contributed by atoms with Crippen LogP contribution in [0.15, 0.2) is 29.3 Å². The highest BCUT2D eigenvalue weighted by Crippen LogP contribution is 2.23. The zero-order valence-corrected chi connectivity index (χ0v) is 19.6. The lowest BCUT2D eigenvalue weighted by molar-refractivity contribution is 0.0951. The molecule has 2 rings (SSSR count). The molecule has 0 saturated carbocycles. The van der Waals surface area contributed by atoms with Gasteiger partial charge >= 0.3 is 0 Å². The van der Waals surface area contributed by atoms with Crippen LogP contribution in [-0.4, -0.2) is 87.4 Å². The van der Waals surface area contributed by atoms with Gasteiger partial charge in [-0.2, -0.15) is 0 Å². The molecule has 0 aliphatic carbocycles. The lowest BCUT2D eigenvalue weighted by atomic mass is 10.1. The third-order valence-electron chi connectivity index (χ3n) is 5.12. The normalized spacial score (nSPS) is 18.3. The van der Waals surface area contributed by atoms with Crippen LogP contribution in [0, 0.1) is 0 Å². The molecule has 168 valence electrons. The Kier molecular flexibility index (Phi) is 8.25. The average molecular weight is 438 g/mol. The molecule has 1 aromatic carbocycles. The summed E-state index contributed by atoms with van der Waals surface area (Å²) in [6, 6.07) is 7.44. The first-order chi connectivity index (χ1) is 14.1. The Balaban J connectivity index is 2.09. The fraction of sp³-hybridized carbons (Fsp3) is 0.619. The summed E-state index contributed by atoms with van der Waals surface area (Å²) < 4.78 is 23.8. The maximum absolute atomic E-state index is 12.4. The lowest BCUT2D eigenvalue weighted by Crippen LogP contribution is -2.57. The third kappa shape index (κ3) is 6.43. The van der Waals surface area contributed by atoms with Gasteiger partial charge < -0.3 is 20.4 Å². The molecular weight excluding hydrogens is 402 g/mol. The zero-order chi connectivity index (χ0) is 22.4. The standard InChI is InChI=1S/C21H35N5O3S/c1-6-22-20(26-12-13-30(28,29)21(2,3)16-26)24-15-17-8-7-9-18(14-17)19(27)23-10-11-25(4)5/h7-9,14H,6,10-13,15-16H2,1-5H3,(H,22,24)(H,23,27). The van der Waals surface area contributed by atoms with Crippen LogP contribution in [0.5, 0.6) is 0 Å². The molecule has 0 spiro atoms. The van der Waals surface area contributed by atoms with Crippen molar-refractivity contribution in [3.8, 4) is 0 Å². The second kappa shape index (κ2) is 10.3.